The van der Waals surface area contributed by atoms with Crippen molar-refractivity contribution in [3.63, 3.8) is 0 Å². The molecule has 2 heterocycles. The van der Waals surface area contributed by atoms with E-state index in [0.717, 1.165) is 41.5 Å². The standard InChI is InChI=1S/C20H20N2O/c1-14-8-9-19-15(11-14)5-4-10-22(19)20(23)12-16-13-21-18-7-3-2-6-17(16)18/h2-3,6-9,11,13,21H,4-5,10,12H2,1H3. The number of hydrogen-bond donors (Lipinski definition) is 1. The van der Waals surface area contributed by atoms with Gasteiger partial charge in [0, 0.05) is 29.3 Å². The minimum absolute atomic E-state index is 0.180. The lowest BCUT2D eigenvalue weighted by Gasteiger charge is -2.30. The zero-order valence-corrected chi connectivity index (χ0v) is 13.3. The molecule has 0 saturated carbocycles. The largest absolute Gasteiger partial charge is 0.361 e. The first-order valence-electron chi connectivity index (χ1n) is 8.17. The van der Waals surface area contributed by atoms with Gasteiger partial charge in [0.15, 0.2) is 0 Å². The summed E-state index contributed by atoms with van der Waals surface area (Å²) in [7, 11) is 0. The van der Waals surface area contributed by atoms with Crippen LogP contribution in [0.1, 0.15) is 23.1 Å². The highest BCUT2D eigenvalue weighted by Crippen LogP contribution is 2.29. The first kappa shape index (κ1) is 14.1. The number of aryl methyl sites for hydroxylation is 2. The summed E-state index contributed by atoms with van der Waals surface area (Å²) >= 11 is 0. The number of aromatic amines is 1. The summed E-state index contributed by atoms with van der Waals surface area (Å²) in [5.41, 5.74) is 5.81. The summed E-state index contributed by atoms with van der Waals surface area (Å²) in [6.45, 7) is 2.92. The van der Waals surface area contributed by atoms with E-state index in [1.54, 1.807) is 0 Å². The van der Waals surface area contributed by atoms with Gasteiger partial charge in [0.1, 0.15) is 0 Å². The lowest BCUT2D eigenvalue weighted by Crippen LogP contribution is -2.36. The molecule has 0 radical (unpaired) electrons. The van der Waals surface area contributed by atoms with Crippen LogP contribution < -0.4 is 4.90 Å². The molecule has 0 bridgehead atoms. The summed E-state index contributed by atoms with van der Waals surface area (Å²) < 4.78 is 0. The Hall–Kier alpha value is -2.55. The summed E-state index contributed by atoms with van der Waals surface area (Å²) in [6, 6.07) is 14.5. The molecule has 1 aliphatic rings. The third kappa shape index (κ3) is 2.52. The third-order valence-electron chi connectivity index (χ3n) is 4.67. The zero-order valence-electron chi connectivity index (χ0n) is 13.3. The highest BCUT2D eigenvalue weighted by atomic mass is 16.2. The lowest BCUT2D eigenvalue weighted by atomic mass is 9.99. The van der Waals surface area contributed by atoms with E-state index in [2.05, 4.69) is 36.2 Å². The van der Waals surface area contributed by atoms with Gasteiger partial charge in [-0.15, -0.1) is 0 Å². The number of fused-ring (bicyclic) bond motifs is 2. The third-order valence-corrected chi connectivity index (χ3v) is 4.67. The van der Waals surface area contributed by atoms with Crippen LogP contribution in [0.4, 0.5) is 5.69 Å². The minimum Gasteiger partial charge on any atom is -0.361 e. The molecule has 1 aromatic heterocycles. The Kier molecular flexibility index (Phi) is 3.41. The van der Waals surface area contributed by atoms with Gasteiger partial charge >= 0.3 is 0 Å². The second kappa shape index (κ2) is 5.58. The first-order chi connectivity index (χ1) is 11.2. The number of para-hydroxylation sites is 1. The second-order valence-electron chi connectivity index (χ2n) is 6.32. The molecule has 116 valence electrons. The highest BCUT2D eigenvalue weighted by Gasteiger charge is 2.23. The van der Waals surface area contributed by atoms with Crippen LogP contribution in [0.25, 0.3) is 10.9 Å². The van der Waals surface area contributed by atoms with E-state index >= 15 is 0 Å². The molecule has 4 rings (SSSR count). The quantitative estimate of drug-likeness (QED) is 0.763. The number of nitrogens with one attached hydrogen (secondary N) is 1. The maximum absolute atomic E-state index is 12.9. The fourth-order valence-electron chi connectivity index (χ4n) is 3.52. The Balaban J connectivity index is 1.63. The number of carbonyl (C=O) groups is 1. The summed E-state index contributed by atoms with van der Waals surface area (Å²) in [4.78, 5) is 18.1. The van der Waals surface area contributed by atoms with Gasteiger partial charge in [0.25, 0.3) is 0 Å². The first-order valence-corrected chi connectivity index (χ1v) is 8.17. The molecular weight excluding hydrogens is 284 g/mol. The predicted molar refractivity (Wildman–Crippen MR) is 93.9 cm³/mol. The molecule has 23 heavy (non-hydrogen) atoms. The van der Waals surface area contributed by atoms with Crippen molar-refractivity contribution in [2.45, 2.75) is 26.2 Å². The molecule has 0 spiro atoms. The maximum Gasteiger partial charge on any atom is 0.231 e. The number of rotatable bonds is 2. The van der Waals surface area contributed by atoms with Crippen LogP contribution in [0.5, 0.6) is 0 Å². The van der Waals surface area contributed by atoms with Crippen molar-refractivity contribution in [1.82, 2.24) is 4.98 Å². The smallest absolute Gasteiger partial charge is 0.231 e. The number of carbonyl (C=O) groups excluding carboxylic acids is 1. The van der Waals surface area contributed by atoms with Gasteiger partial charge in [0.05, 0.1) is 6.42 Å². The Morgan fingerprint density at radius 3 is 3.00 bits per heavy atom. The molecule has 0 saturated heterocycles. The van der Waals surface area contributed by atoms with Gasteiger partial charge in [-0.3, -0.25) is 4.79 Å². The van der Waals surface area contributed by atoms with Crippen LogP contribution >= 0.6 is 0 Å². The summed E-state index contributed by atoms with van der Waals surface area (Å²) in [6.07, 6.45) is 4.50. The lowest BCUT2D eigenvalue weighted by molar-refractivity contribution is -0.118. The molecule has 1 N–H and O–H groups in total. The van der Waals surface area contributed by atoms with Crippen molar-refractivity contribution in [3.8, 4) is 0 Å². The molecule has 0 fully saturated rings. The van der Waals surface area contributed by atoms with Crippen LogP contribution in [-0.2, 0) is 17.6 Å². The van der Waals surface area contributed by atoms with Crippen molar-refractivity contribution in [2.24, 2.45) is 0 Å². The Morgan fingerprint density at radius 2 is 2.09 bits per heavy atom. The summed E-state index contributed by atoms with van der Waals surface area (Å²) in [5.74, 6) is 0.180. The number of anilines is 1. The molecule has 2 aromatic carbocycles. The van der Waals surface area contributed by atoms with E-state index in [-0.39, 0.29) is 5.91 Å². The Labute approximate surface area is 135 Å². The monoisotopic (exact) mass is 304 g/mol. The van der Waals surface area contributed by atoms with Crippen LogP contribution in [0, 0.1) is 6.92 Å². The van der Waals surface area contributed by atoms with E-state index in [0.29, 0.717) is 6.42 Å². The average Bonchev–Trinajstić information content (AvgIpc) is 2.97. The van der Waals surface area contributed by atoms with Crippen LogP contribution in [0.2, 0.25) is 0 Å². The van der Waals surface area contributed by atoms with Crippen LogP contribution in [-0.4, -0.2) is 17.4 Å². The van der Waals surface area contributed by atoms with Crippen molar-refractivity contribution in [3.05, 3.63) is 65.4 Å². The number of H-pyrrole nitrogens is 1. The Bertz CT molecular complexity index is 878. The van der Waals surface area contributed by atoms with Crippen molar-refractivity contribution in [2.75, 3.05) is 11.4 Å². The van der Waals surface area contributed by atoms with Crippen LogP contribution in [0.15, 0.2) is 48.7 Å². The molecule has 3 nitrogen and oxygen atoms in total. The van der Waals surface area contributed by atoms with Gasteiger partial charge in [-0.1, -0.05) is 35.9 Å². The highest BCUT2D eigenvalue weighted by molar-refractivity contribution is 5.98. The molecule has 3 aromatic rings. The molecule has 0 unspecified atom stereocenters. The maximum atomic E-state index is 12.9. The fourth-order valence-corrected chi connectivity index (χ4v) is 3.52. The van der Waals surface area contributed by atoms with Crippen molar-refractivity contribution in [1.29, 1.82) is 0 Å². The van der Waals surface area contributed by atoms with Crippen LogP contribution in [0.3, 0.4) is 0 Å². The van der Waals surface area contributed by atoms with Gasteiger partial charge in [-0.25, -0.2) is 0 Å². The SMILES string of the molecule is Cc1ccc2c(c1)CCCN2C(=O)Cc1c[nH]c2ccccc12. The molecule has 1 aliphatic heterocycles. The number of nitrogens with zero attached hydrogens (tertiary/aromatic N) is 1. The number of hydrogen-bond acceptors (Lipinski definition) is 1. The van der Waals surface area contributed by atoms with E-state index in [1.807, 2.05) is 29.3 Å². The molecule has 3 heteroatoms. The second-order valence-corrected chi connectivity index (χ2v) is 6.32. The molecule has 0 atom stereocenters. The minimum atomic E-state index is 0.180. The van der Waals surface area contributed by atoms with Gasteiger partial charge in [-0.2, -0.15) is 0 Å². The van der Waals surface area contributed by atoms with Crippen molar-refractivity contribution < 1.29 is 4.79 Å². The predicted octanol–water partition coefficient (Wildman–Crippen LogP) is 4.00. The topological polar surface area (TPSA) is 36.1 Å². The fraction of sp³-hybridized carbons (Fsp3) is 0.250. The van der Waals surface area contributed by atoms with Gasteiger partial charge in [0.2, 0.25) is 5.91 Å². The number of aromatic nitrogens is 1. The number of benzene rings is 2. The number of amides is 1. The van der Waals surface area contributed by atoms with Crippen molar-refractivity contribution >= 4 is 22.5 Å². The normalized spacial score (nSPS) is 14.0. The molecule has 0 aliphatic carbocycles. The van der Waals surface area contributed by atoms with E-state index < -0.39 is 0 Å². The van der Waals surface area contributed by atoms with E-state index in [4.69, 9.17) is 0 Å². The molecular formula is C20H20N2O. The average molecular weight is 304 g/mol. The summed E-state index contributed by atoms with van der Waals surface area (Å²) in [5, 5.41) is 1.14. The zero-order chi connectivity index (χ0) is 15.8. The Morgan fingerprint density at radius 1 is 1.22 bits per heavy atom. The van der Waals surface area contributed by atoms with Gasteiger partial charge in [-0.05, 0) is 43.0 Å². The van der Waals surface area contributed by atoms with E-state index in [1.165, 1.54) is 11.1 Å². The van der Waals surface area contributed by atoms with E-state index in [9.17, 15) is 4.79 Å². The van der Waals surface area contributed by atoms with Gasteiger partial charge < -0.3 is 9.88 Å². The molecule has 1 amide bonds.